The molecule has 2 saturated carbocycles. The van der Waals surface area contributed by atoms with Gasteiger partial charge in [0.25, 0.3) is 0 Å². The third-order valence-corrected chi connectivity index (χ3v) is 7.01. The molecule has 1 aliphatic heterocycles. The molecule has 2 bridgehead atoms. The van der Waals surface area contributed by atoms with Crippen LogP contribution in [-0.4, -0.2) is 29.4 Å². The molecule has 1 aromatic rings. The van der Waals surface area contributed by atoms with E-state index in [0.29, 0.717) is 29.8 Å². The average molecular weight is 341 g/mol. The topological polar surface area (TPSA) is 46.3 Å². The second kappa shape index (κ2) is 7.11. The fraction of sp³-hybridized carbons (Fsp3) is 0.682. The fourth-order valence-corrected chi connectivity index (χ4v) is 5.56. The van der Waals surface area contributed by atoms with E-state index in [1.165, 1.54) is 30.4 Å². The molecule has 3 atom stereocenters. The molecular weight excluding hydrogens is 308 g/mol. The van der Waals surface area contributed by atoms with Crippen molar-refractivity contribution in [2.45, 2.75) is 70.4 Å². The normalized spacial score (nSPS) is 35.0. The summed E-state index contributed by atoms with van der Waals surface area (Å²) >= 11 is 0. The smallest absolute Gasteiger partial charge is 0.225 e. The number of amides is 1. The molecule has 3 heteroatoms. The van der Waals surface area contributed by atoms with Gasteiger partial charge in [-0.15, -0.1) is 0 Å². The van der Waals surface area contributed by atoms with Crippen molar-refractivity contribution in [2.24, 2.45) is 23.5 Å². The van der Waals surface area contributed by atoms with Gasteiger partial charge in [0, 0.05) is 24.5 Å². The molecule has 0 spiro atoms. The summed E-state index contributed by atoms with van der Waals surface area (Å²) in [5, 5.41) is 0. The van der Waals surface area contributed by atoms with Crippen LogP contribution in [0.3, 0.4) is 0 Å². The summed E-state index contributed by atoms with van der Waals surface area (Å²) in [6, 6.07) is 9.55. The number of rotatable bonds is 3. The molecule has 2 N–H and O–H groups in total. The van der Waals surface area contributed by atoms with Gasteiger partial charge in [0.15, 0.2) is 0 Å². The van der Waals surface area contributed by atoms with Gasteiger partial charge in [-0.05, 0) is 69.3 Å². The van der Waals surface area contributed by atoms with E-state index >= 15 is 0 Å². The molecule has 0 aromatic heterocycles. The van der Waals surface area contributed by atoms with Gasteiger partial charge in [-0.25, -0.2) is 0 Å². The third-order valence-electron chi connectivity index (χ3n) is 7.01. The molecule has 4 rings (SSSR count). The van der Waals surface area contributed by atoms with E-state index in [2.05, 4.69) is 36.1 Å². The zero-order valence-electron chi connectivity index (χ0n) is 15.5. The van der Waals surface area contributed by atoms with Crippen LogP contribution in [0, 0.1) is 24.7 Å². The Morgan fingerprint density at radius 1 is 1.08 bits per heavy atom. The van der Waals surface area contributed by atoms with Crippen molar-refractivity contribution < 1.29 is 4.79 Å². The highest BCUT2D eigenvalue weighted by Crippen LogP contribution is 2.43. The van der Waals surface area contributed by atoms with Crippen LogP contribution in [0.4, 0.5) is 0 Å². The summed E-state index contributed by atoms with van der Waals surface area (Å²) < 4.78 is 0. The number of hydrogen-bond acceptors (Lipinski definition) is 2. The van der Waals surface area contributed by atoms with Crippen molar-refractivity contribution in [3.8, 4) is 0 Å². The van der Waals surface area contributed by atoms with Crippen LogP contribution in [0.15, 0.2) is 24.3 Å². The van der Waals surface area contributed by atoms with Gasteiger partial charge in [0.05, 0.1) is 0 Å². The number of likely N-dealkylation sites (tertiary alicyclic amines) is 1. The highest BCUT2D eigenvalue weighted by atomic mass is 16.2. The lowest BCUT2D eigenvalue weighted by atomic mass is 9.65. The van der Waals surface area contributed by atoms with Crippen molar-refractivity contribution in [3.63, 3.8) is 0 Å². The van der Waals surface area contributed by atoms with E-state index in [1.54, 1.807) is 0 Å². The second-order valence-corrected chi connectivity index (χ2v) is 8.71. The molecule has 1 aromatic carbocycles. The maximum atomic E-state index is 13.3. The molecule has 3 fully saturated rings. The minimum absolute atomic E-state index is 0.230. The number of nitrogens with two attached hydrogens (primary N) is 1. The first-order valence-electron chi connectivity index (χ1n) is 10.2. The quantitative estimate of drug-likeness (QED) is 0.912. The summed E-state index contributed by atoms with van der Waals surface area (Å²) in [4.78, 5) is 15.5. The monoisotopic (exact) mass is 340 g/mol. The summed E-state index contributed by atoms with van der Waals surface area (Å²) in [6.45, 7) is 3.08. The van der Waals surface area contributed by atoms with Crippen LogP contribution < -0.4 is 5.73 Å². The first-order valence-corrected chi connectivity index (χ1v) is 10.2. The third kappa shape index (κ3) is 3.48. The minimum atomic E-state index is 0.230. The largest absolute Gasteiger partial charge is 0.339 e. The van der Waals surface area contributed by atoms with Crippen LogP contribution in [0.1, 0.15) is 56.1 Å². The van der Waals surface area contributed by atoms with Crippen molar-refractivity contribution in [1.29, 1.82) is 0 Å². The molecule has 3 nitrogen and oxygen atoms in total. The van der Waals surface area contributed by atoms with E-state index in [1.807, 2.05) is 0 Å². The van der Waals surface area contributed by atoms with Gasteiger partial charge in [-0.2, -0.15) is 0 Å². The Labute approximate surface area is 152 Å². The molecule has 1 heterocycles. The standard InChI is InChI=1S/C22H32N2O/c1-15-7-9-16(10-8-15)12-20-6-3-11-24(20)22(25)19-13-17-4-2-5-18(14-19)21(17)23/h7-10,17-21H,2-6,11-14,23H2,1H3. The lowest BCUT2D eigenvalue weighted by molar-refractivity contribution is -0.139. The number of carbonyl (C=O) groups excluding carboxylic acids is 1. The summed E-state index contributed by atoms with van der Waals surface area (Å²) in [5.41, 5.74) is 9.08. The van der Waals surface area contributed by atoms with Crippen molar-refractivity contribution in [3.05, 3.63) is 35.4 Å². The molecule has 1 saturated heterocycles. The number of aryl methyl sites for hydroxylation is 1. The zero-order valence-corrected chi connectivity index (χ0v) is 15.5. The zero-order chi connectivity index (χ0) is 17.4. The number of fused-ring (bicyclic) bond motifs is 2. The lowest BCUT2D eigenvalue weighted by Crippen LogP contribution is -2.50. The van der Waals surface area contributed by atoms with E-state index < -0.39 is 0 Å². The number of nitrogens with zero attached hydrogens (tertiary/aromatic N) is 1. The van der Waals surface area contributed by atoms with Crippen molar-refractivity contribution in [2.75, 3.05) is 6.54 Å². The molecule has 136 valence electrons. The van der Waals surface area contributed by atoms with Crippen LogP contribution >= 0.6 is 0 Å². The molecular formula is C22H32N2O. The SMILES string of the molecule is Cc1ccc(CC2CCCN2C(=O)C2CC3CCCC(C2)C3N)cc1. The Morgan fingerprint density at radius 3 is 2.44 bits per heavy atom. The molecule has 0 radical (unpaired) electrons. The first-order chi connectivity index (χ1) is 12.1. The van der Waals surface area contributed by atoms with E-state index in [4.69, 9.17) is 5.73 Å². The van der Waals surface area contributed by atoms with E-state index in [-0.39, 0.29) is 5.92 Å². The fourth-order valence-electron chi connectivity index (χ4n) is 5.56. The Morgan fingerprint density at radius 2 is 1.76 bits per heavy atom. The predicted octanol–water partition coefficient (Wildman–Crippen LogP) is 3.68. The number of hydrogen-bond donors (Lipinski definition) is 1. The Bertz CT molecular complexity index is 597. The molecule has 3 unspecified atom stereocenters. The molecule has 2 aliphatic carbocycles. The Balaban J connectivity index is 1.43. The van der Waals surface area contributed by atoms with Gasteiger partial charge < -0.3 is 10.6 Å². The van der Waals surface area contributed by atoms with Gasteiger partial charge in [-0.1, -0.05) is 36.2 Å². The van der Waals surface area contributed by atoms with Crippen molar-refractivity contribution in [1.82, 2.24) is 4.90 Å². The summed E-state index contributed by atoms with van der Waals surface area (Å²) in [5.74, 6) is 1.83. The van der Waals surface area contributed by atoms with E-state index in [9.17, 15) is 4.79 Å². The minimum Gasteiger partial charge on any atom is -0.339 e. The lowest BCUT2D eigenvalue weighted by Gasteiger charge is -2.44. The highest BCUT2D eigenvalue weighted by molar-refractivity contribution is 5.79. The van der Waals surface area contributed by atoms with Gasteiger partial charge in [-0.3, -0.25) is 4.79 Å². The maximum absolute atomic E-state index is 13.3. The van der Waals surface area contributed by atoms with Gasteiger partial charge in [0.1, 0.15) is 0 Å². The molecule has 25 heavy (non-hydrogen) atoms. The summed E-state index contributed by atoms with van der Waals surface area (Å²) in [6.07, 6.45) is 9.14. The molecule has 3 aliphatic rings. The van der Waals surface area contributed by atoms with E-state index in [0.717, 1.165) is 38.6 Å². The molecule has 1 amide bonds. The highest BCUT2D eigenvalue weighted by Gasteiger charge is 2.43. The van der Waals surface area contributed by atoms with Crippen LogP contribution in [0.25, 0.3) is 0 Å². The van der Waals surface area contributed by atoms with Crippen LogP contribution in [0.2, 0.25) is 0 Å². The van der Waals surface area contributed by atoms with Crippen molar-refractivity contribution >= 4 is 5.91 Å². The van der Waals surface area contributed by atoms with Gasteiger partial charge in [0.2, 0.25) is 5.91 Å². The Kier molecular flexibility index (Phi) is 4.86. The first kappa shape index (κ1) is 17.1. The second-order valence-electron chi connectivity index (χ2n) is 8.71. The maximum Gasteiger partial charge on any atom is 0.225 e. The van der Waals surface area contributed by atoms with Crippen LogP contribution in [-0.2, 0) is 11.2 Å². The Hall–Kier alpha value is -1.35. The summed E-state index contributed by atoms with van der Waals surface area (Å²) in [7, 11) is 0. The van der Waals surface area contributed by atoms with Gasteiger partial charge >= 0.3 is 0 Å². The predicted molar refractivity (Wildman–Crippen MR) is 101 cm³/mol. The van der Waals surface area contributed by atoms with Crippen LogP contribution in [0.5, 0.6) is 0 Å². The number of carbonyl (C=O) groups is 1. The average Bonchev–Trinajstić information content (AvgIpc) is 3.04. The number of benzene rings is 1.